The minimum atomic E-state index is -0.0283. The predicted molar refractivity (Wildman–Crippen MR) is 93.5 cm³/mol. The second-order valence-corrected chi connectivity index (χ2v) is 5.74. The molecule has 2 aromatic rings. The van der Waals surface area contributed by atoms with Gasteiger partial charge in [0.15, 0.2) is 11.5 Å². The van der Waals surface area contributed by atoms with E-state index in [1.54, 1.807) is 6.07 Å². The Labute approximate surface area is 142 Å². The lowest BCUT2D eigenvalue weighted by atomic mass is 10.1. The average molecular weight is 326 g/mol. The number of carbonyl (C=O) groups is 1. The average Bonchev–Trinajstić information content (AvgIpc) is 2.62. The summed E-state index contributed by atoms with van der Waals surface area (Å²) in [7, 11) is 0. The standard InChI is InChI=1S/C19H22N2O3/c1-14(15-5-3-2-4-6-15)20-10-9-19(22)21-16-7-8-17-18(13-16)24-12-11-23-17/h2-8,13-14,20H,9-12H2,1H3,(H,21,22). The summed E-state index contributed by atoms with van der Waals surface area (Å²) in [4.78, 5) is 12.1. The molecule has 5 nitrogen and oxygen atoms in total. The molecular weight excluding hydrogens is 304 g/mol. The molecule has 3 rings (SSSR count). The molecule has 1 heterocycles. The van der Waals surface area contributed by atoms with Crippen molar-refractivity contribution in [3.8, 4) is 11.5 Å². The van der Waals surface area contributed by atoms with Crippen LogP contribution < -0.4 is 20.1 Å². The van der Waals surface area contributed by atoms with E-state index in [2.05, 4.69) is 29.7 Å². The highest BCUT2D eigenvalue weighted by Crippen LogP contribution is 2.32. The Balaban J connectivity index is 1.46. The Bertz CT molecular complexity index is 688. The smallest absolute Gasteiger partial charge is 0.225 e. The molecule has 2 N–H and O–H groups in total. The molecule has 126 valence electrons. The van der Waals surface area contributed by atoms with E-state index < -0.39 is 0 Å². The Morgan fingerprint density at radius 2 is 1.83 bits per heavy atom. The third kappa shape index (κ3) is 4.26. The molecule has 24 heavy (non-hydrogen) atoms. The number of hydrogen-bond donors (Lipinski definition) is 2. The van der Waals surface area contributed by atoms with Gasteiger partial charge in [0.1, 0.15) is 13.2 Å². The van der Waals surface area contributed by atoms with Gasteiger partial charge in [-0.3, -0.25) is 4.79 Å². The van der Waals surface area contributed by atoms with Crippen molar-refractivity contribution in [2.24, 2.45) is 0 Å². The van der Waals surface area contributed by atoms with Gasteiger partial charge in [-0.05, 0) is 24.6 Å². The van der Waals surface area contributed by atoms with E-state index >= 15 is 0 Å². The van der Waals surface area contributed by atoms with Gasteiger partial charge in [0.05, 0.1) is 0 Å². The molecule has 0 fully saturated rings. The molecule has 1 amide bonds. The molecule has 0 aromatic heterocycles. The predicted octanol–water partition coefficient (Wildman–Crippen LogP) is 3.14. The lowest BCUT2D eigenvalue weighted by Crippen LogP contribution is -2.24. The van der Waals surface area contributed by atoms with Gasteiger partial charge in [-0.25, -0.2) is 0 Å². The Morgan fingerprint density at radius 1 is 1.08 bits per heavy atom. The van der Waals surface area contributed by atoms with Crippen molar-refractivity contribution in [1.82, 2.24) is 5.32 Å². The first-order valence-corrected chi connectivity index (χ1v) is 8.20. The number of amides is 1. The zero-order valence-corrected chi connectivity index (χ0v) is 13.7. The summed E-state index contributed by atoms with van der Waals surface area (Å²) in [6.45, 7) is 3.80. The van der Waals surface area contributed by atoms with E-state index in [9.17, 15) is 4.79 Å². The molecule has 0 spiro atoms. The van der Waals surface area contributed by atoms with Gasteiger partial charge in [0.2, 0.25) is 5.91 Å². The molecule has 0 saturated carbocycles. The number of rotatable bonds is 6. The van der Waals surface area contributed by atoms with Crippen molar-refractivity contribution >= 4 is 11.6 Å². The summed E-state index contributed by atoms with van der Waals surface area (Å²) in [6, 6.07) is 15.8. The molecule has 2 aromatic carbocycles. The van der Waals surface area contributed by atoms with Crippen LogP contribution in [0.4, 0.5) is 5.69 Å². The normalized spacial score (nSPS) is 14.0. The molecule has 5 heteroatoms. The number of nitrogens with one attached hydrogen (secondary N) is 2. The Kier molecular flexibility index (Phi) is 5.33. The topological polar surface area (TPSA) is 59.6 Å². The van der Waals surface area contributed by atoms with Gasteiger partial charge in [0, 0.05) is 30.8 Å². The molecule has 1 aliphatic rings. The van der Waals surface area contributed by atoms with Gasteiger partial charge in [0.25, 0.3) is 0 Å². The van der Waals surface area contributed by atoms with Crippen molar-refractivity contribution in [1.29, 1.82) is 0 Å². The van der Waals surface area contributed by atoms with Gasteiger partial charge in [-0.2, -0.15) is 0 Å². The number of ether oxygens (including phenoxy) is 2. The second kappa shape index (κ2) is 7.84. The van der Waals surface area contributed by atoms with Crippen molar-refractivity contribution in [3.05, 3.63) is 54.1 Å². The lowest BCUT2D eigenvalue weighted by molar-refractivity contribution is -0.116. The first-order chi connectivity index (χ1) is 11.7. The summed E-state index contributed by atoms with van der Waals surface area (Å²) in [5, 5.41) is 6.25. The van der Waals surface area contributed by atoms with E-state index in [4.69, 9.17) is 9.47 Å². The van der Waals surface area contributed by atoms with Crippen LogP contribution in [0, 0.1) is 0 Å². The summed E-state index contributed by atoms with van der Waals surface area (Å²) in [6.07, 6.45) is 0.408. The SMILES string of the molecule is CC(NCCC(=O)Nc1ccc2c(c1)OCCO2)c1ccccc1. The van der Waals surface area contributed by atoms with Crippen molar-refractivity contribution in [2.45, 2.75) is 19.4 Å². The number of benzene rings is 2. The fourth-order valence-electron chi connectivity index (χ4n) is 2.61. The Hall–Kier alpha value is -2.53. The van der Waals surface area contributed by atoms with Crippen LogP contribution in [0.15, 0.2) is 48.5 Å². The highest BCUT2D eigenvalue weighted by atomic mass is 16.6. The maximum Gasteiger partial charge on any atom is 0.225 e. The van der Waals surface area contributed by atoms with Crippen LogP contribution in [0.25, 0.3) is 0 Å². The molecule has 0 aliphatic carbocycles. The molecule has 1 unspecified atom stereocenters. The van der Waals surface area contributed by atoms with E-state index in [0.29, 0.717) is 31.9 Å². The van der Waals surface area contributed by atoms with E-state index in [0.717, 1.165) is 11.4 Å². The summed E-state index contributed by atoms with van der Waals surface area (Å²) < 4.78 is 11.0. The van der Waals surface area contributed by atoms with E-state index in [1.807, 2.05) is 30.3 Å². The summed E-state index contributed by atoms with van der Waals surface area (Å²) in [5.41, 5.74) is 1.94. The van der Waals surface area contributed by atoms with Crippen LogP contribution >= 0.6 is 0 Å². The molecule has 1 atom stereocenters. The third-order valence-corrected chi connectivity index (χ3v) is 3.93. The maximum atomic E-state index is 12.1. The van der Waals surface area contributed by atoms with Crippen molar-refractivity contribution in [3.63, 3.8) is 0 Å². The van der Waals surface area contributed by atoms with E-state index in [1.165, 1.54) is 5.56 Å². The van der Waals surface area contributed by atoms with Gasteiger partial charge in [-0.1, -0.05) is 30.3 Å². The number of fused-ring (bicyclic) bond motifs is 1. The van der Waals surface area contributed by atoms with Crippen LogP contribution in [-0.4, -0.2) is 25.7 Å². The number of anilines is 1. The minimum Gasteiger partial charge on any atom is -0.486 e. The largest absolute Gasteiger partial charge is 0.486 e. The highest BCUT2D eigenvalue weighted by molar-refractivity contribution is 5.91. The second-order valence-electron chi connectivity index (χ2n) is 5.74. The van der Waals surface area contributed by atoms with Crippen LogP contribution in [-0.2, 0) is 4.79 Å². The molecule has 0 saturated heterocycles. The van der Waals surface area contributed by atoms with Crippen molar-refractivity contribution < 1.29 is 14.3 Å². The van der Waals surface area contributed by atoms with Crippen LogP contribution in [0.2, 0.25) is 0 Å². The highest BCUT2D eigenvalue weighted by Gasteiger charge is 2.13. The summed E-state index contributed by atoms with van der Waals surface area (Å²) in [5.74, 6) is 1.37. The van der Waals surface area contributed by atoms with Gasteiger partial charge in [-0.15, -0.1) is 0 Å². The molecular formula is C19H22N2O3. The third-order valence-electron chi connectivity index (χ3n) is 3.93. The molecule has 0 radical (unpaired) electrons. The maximum absolute atomic E-state index is 12.1. The van der Waals surface area contributed by atoms with Crippen LogP contribution in [0.5, 0.6) is 11.5 Å². The number of hydrogen-bond acceptors (Lipinski definition) is 4. The fourth-order valence-corrected chi connectivity index (χ4v) is 2.61. The zero-order valence-electron chi connectivity index (χ0n) is 13.7. The van der Waals surface area contributed by atoms with Crippen molar-refractivity contribution in [2.75, 3.05) is 25.1 Å². The fraction of sp³-hybridized carbons (Fsp3) is 0.316. The number of carbonyl (C=O) groups excluding carboxylic acids is 1. The van der Waals surface area contributed by atoms with Gasteiger partial charge < -0.3 is 20.1 Å². The molecule has 1 aliphatic heterocycles. The molecule has 0 bridgehead atoms. The lowest BCUT2D eigenvalue weighted by Gasteiger charge is -2.19. The quantitative estimate of drug-likeness (QED) is 0.856. The van der Waals surface area contributed by atoms with Crippen LogP contribution in [0.1, 0.15) is 24.9 Å². The Morgan fingerprint density at radius 3 is 2.62 bits per heavy atom. The van der Waals surface area contributed by atoms with Crippen LogP contribution in [0.3, 0.4) is 0 Å². The monoisotopic (exact) mass is 326 g/mol. The minimum absolute atomic E-state index is 0.0283. The summed E-state index contributed by atoms with van der Waals surface area (Å²) >= 11 is 0. The van der Waals surface area contributed by atoms with Gasteiger partial charge >= 0.3 is 0 Å². The van der Waals surface area contributed by atoms with E-state index in [-0.39, 0.29) is 11.9 Å². The first-order valence-electron chi connectivity index (χ1n) is 8.20. The zero-order chi connectivity index (χ0) is 16.8. The first kappa shape index (κ1) is 16.3.